The Bertz CT molecular complexity index is 166. The van der Waals surface area contributed by atoms with E-state index in [1.165, 1.54) is 6.92 Å². The van der Waals surface area contributed by atoms with Crippen molar-refractivity contribution in [3.05, 3.63) is 0 Å². The first-order valence-corrected chi connectivity index (χ1v) is 4.70. The first-order chi connectivity index (χ1) is 6.00. The predicted molar refractivity (Wildman–Crippen MR) is 47.0 cm³/mol. The molecular weight excluding hydrogens is 176 g/mol. The molecule has 0 aliphatic carbocycles. The molecule has 0 radical (unpaired) electrons. The van der Waals surface area contributed by atoms with E-state index < -0.39 is 12.5 Å². The smallest absolute Gasteiger partial charge is 0.253 e. The number of ether oxygens (including phenoxy) is 1. The highest BCUT2D eigenvalue weighted by Crippen LogP contribution is 2.20. The lowest BCUT2D eigenvalue weighted by Crippen LogP contribution is -2.43. The molecule has 0 aromatic rings. The molecule has 0 bridgehead atoms. The summed E-state index contributed by atoms with van der Waals surface area (Å²) in [5.41, 5.74) is 0. The van der Waals surface area contributed by atoms with Gasteiger partial charge in [-0.2, -0.15) is 0 Å². The van der Waals surface area contributed by atoms with E-state index in [0.717, 1.165) is 6.42 Å². The second-order valence-corrected chi connectivity index (χ2v) is 3.78. The normalized spacial score (nSPS) is 36.9. The minimum Gasteiger partial charge on any atom is -0.374 e. The third kappa shape index (κ3) is 2.88. The Morgan fingerprint density at radius 2 is 2.00 bits per heavy atom. The van der Waals surface area contributed by atoms with Crippen LogP contribution in [-0.4, -0.2) is 30.7 Å². The van der Waals surface area contributed by atoms with Crippen molar-refractivity contribution in [2.24, 2.45) is 0 Å². The van der Waals surface area contributed by atoms with Crippen molar-refractivity contribution < 1.29 is 13.5 Å². The average Bonchev–Trinajstić information content (AvgIpc) is 2.30. The van der Waals surface area contributed by atoms with Crippen molar-refractivity contribution >= 4 is 0 Å². The summed E-state index contributed by atoms with van der Waals surface area (Å²) in [7, 11) is 0. The van der Waals surface area contributed by atoms with Gasteiger partial charge in [0.25, 0.3) is 6.43 Å². The van der Waals surface area contributed by atoms with Crippen molar-refractivity contribution in [1.29, 1.82) is 0 Å². The zero-order chi connectivity index (χ0) is 10.0. The number of hydrogen-bond acceptors (Lipinski definition) is 2. The predicted octanol–water partition coefficient (Wildman–Crippen LogP) is 1.80. The van der Waals surface area contributed by atoms with Gasteiger partial charge < -0.3 is 10.1 Å². The van der Waals surface area contributed by atoms with E-state index >= 15 is 0 Å². The summed E-state index contributed by atoms with van der Waals surface area (Å²) in [6.07, 6.45) is -1.27. The third-order valence-electron chi connectivity index (χ3n) is 2.45. The van der Waals surface area contributed by atoms with Gasteiger partial charge in [0.1, 0.15) is 0 Å². The van der Waals surface area contributed by atoms with Crippen LogP contribution in [0.15, 0.2) is 0 Å². The van der Waals surface area contributed by atoms with E-state index in [-0.39, 0.29) is 18.2 Å². The van der Waals surface area contributed by atoms with Gasteiger partial charge in [-0.1, -0.05) is 0 Å². The van der Waals surface area contributed by atoms with Crippen LogP contribution in [0.3, 0.4) is 0 Å². The highest BCUT2D eigenvalue weighted by molar-refractivity contribution is 4.85. The Morgan fingerprint density at radius 3 is 2.38 bits per heavy atom. The summed E-state index contributed by atoms with van der Waals surface area (Å²) in [4.78, 5) is 0. The molecule has 1 saturated heterocycles. The molecule has 1 fully saturated rings. The topological polar surface area (TPSA) is 21.3 Å². The van der Waals surface area contributed by atoms with Crippen molar-refractivity contribution in [2.75, 3.05) is 0 Å². The van der Waals surface area contributed by atoms with Crippen LogP contribution < -0.4 is 5.32 Å². The standard InChI is InChI=1S/C9H17F2NO/c1-5-4-8(7(3)13-5)12-6(2)9(10)11/h5-9,12H,4H2,1-3H3. The lowest BCUT2D eigenvalue weighted by atomic mass is 10.1. The van der Waals surface area contributed by atoms with Gasteiger partial charge in [0.15, 0.2) is 0 Å². The summed E-state index contributed by atoms with van der Waals surface area (Å²) in [5, 5.41) is 2.88. The first kappa shape index (κ1) is 10.9. The summed E-state index contributed by atoms with van der Waals surface area (Å²) in [6.45, 7) is 5.38. The molecule has 0 spiro atoms. The van der Waals surface area contributed by atoms with Crippen molar-refractivity contribution in [1.82, 2.24) is 5.32 Å². The van der Waals surface area contributed by atoms with Crippen molar-refractivity contribution in [3.63, 3.8) is 0 Å². The largest absolute Gasteiger partial charge is 0.374 e. The quantitative estimate of drug-likeness (QED) is 0.738. The number of halogens is 2. The molecular formula is C9H17F2NO. The number of rotatable bonds is 3. The van der Waals surface area contributed by atoms with Gasteiger partial charge in [-0.05, 0) is 27.2 Å². The fourth-order valence-electron chi connectivity index (χ4n) is 1.68. The zero-order valence-electron chi connectivity index (χ0n) is 8.26. The molecule has 0 saturated carbocycles. The fourth-order valence-corrected chi connectivity index (χ4v) is 1.68. The maximum absolute atomic E-state index is 12.2. The molecule has 1 heterocycles. The van der Waals surface area contributed by atoms with Crippen LogP contribution in [0.2, 0.25) is 0 Å². The van der Waals surface area contributed by atoms with E-state index in [0.29, 0.717) is 0 Å². The zero-order valence-corrected chi connectivity index (χ0v) is 8.26. The van der Waals surface area contributed by atoms with Crippen LogP contribution in [-0.2, 0) is 4.74 Å². The van der Waals surface area contributed by atoms with Crippen molar-refractivity contribution in [2.45, 2.75) is 57.9 Å². The molecule has 0 amide bonds. The molecule has 1 N–H and O–H groups in total. The molecule has 1 aliphatic heterocycles. The van der Waals surface area contributed by atoms with Gasteiger partial charge in [0.05, 0.1) is 18.2 Å². The van der Waals surface area contributed by atoms with E-state index in [2.05, 4.69) is 5.32 Å². The van der Waals surface area contributed by atoms with Gasteiger partial charge in [-0.3, -0.25) is 0 Å². The second-order valence-electron chi connectivity index (χ2n) is 3.78. The summed E-state index contributed by atoms with van der Waals surface area (Å²) < 4.78 is 29.9. The van der Waals surface area contributed by atoms with E-state index in [1.807, 2.05) is 13.8 Å². The number of hydrogen-bond donors (Lipinski definition) is 1. The molecule has 13 heavy (non-hydrogen) atoms. The highest BCUT2D eigenvalue weighted by atomic mass is 19.3. The second kappa shape index (κ2) is 4.33. The van der Waals surface area contributed by atoms with Crippen LogP contribution in [0, 0.1) is 0 Å². The minimum atomic E-state index is -2.30. The van der Waals surface area contributed by atoms with E-state index in [4.69, 9.17) is 4.74 Å². The summed E-state index contributed by atoms with van der Waals surface area (Å²) in [6, 6.07) is -0.680. The average molecular weight is 193 g/mol. The molecule has 4 unspecified atom stereocenters. The Morgan fingerprint density at radius 1 is 1.38 bits per heavy atom. The van der Waals surface area contributed by atoms with Gasteiger partial charge in [0.2, 0.25) is 0 Å². The monoisotopic (exact) mass is 193 g/mol. The van der Waals surface area contributed by atoms with Crippen LogP contribution in [0.25, 0.3) is 0 Å². The maximum atomic E-state index is 12.2. The fraction of sp³-hybridized carbons (Fsp3) is 1.00. The minimum absolute atomic E-state index is 0.0381. The lowest BCUT2D eigenvalue weighted by molar-refractivity contribution is 0.0522. The third-order valence-corrected chi connectivity index (χ3v) is 2.45. The summed E-state index contributed by atoms with van der Waals surface area (Å²) >= 11 is 0. The summed E-state index contributed by atoms with van der Waals surface area (Å²) in [5.74, 6) is 0. The van der Waals surface area contributed by atoms with E-state index in [1.54, 1.807) is 0 Å². The first-order valence-electron chi connectivity index (χ1n) is 4.70. The Hall–Kier alpha value is -0.220. The van der Waals surface area contributed by atoms with Gasteiger partial charge >= 0.3 is 0 Å². The van der Waals surface area contributed by atoms with Crippen LogP contribution >= 0.6 is 0 Å². The Balaban J connectivity index is 2.36. The molecule has 4 heteroatoms. The van der Waals surface area contributed by atoms with Gasteiger partial charge in [-0.15, -0.1) is 0 Å². The molecule has 0 aromatic carbocycles. The maximum Gasteiger partial charge on any atom is 0.253 e. The van der Waals surface area contributed by atoms with Crippen LogP contribution in [0.1, 0.15) is 27.2 Å². The molecule has 4 atom stereocenters. The van der Waals surface area contributed by atoms with Crippen LogP contribution in [0.4, 0.5) is 8.78 Å². The van der Waals surface area contributed by atoms with E-state index in [9.17, 15) is 8.78 Å². The molecule has 1 rings (SSSR count). The molecule has 2 nitrogen and oxygen atoms in total. The number of alkyl halides is 2. The number of nitrogens with one attached hydrogen (secondary N) is 1. The highest BCUT2D eigenvalue weighted by Gasteiger charge is 2.31. The Labute approximate surface area is 77.6 Å². The van der Waals surface area contributed by atoms with Crippen molar-refractivity contribution in [3.8, 4) is 0 Å². The lowest BCUT2D eigenvalue weighted by Gasteiger charge is -2.20. The Kier molecular flexibility index (Phi) is 3.62. The molecule has 1 aliphatic rings. The van der Waals surface area contributed by atoms with Gasteiger partial charge in [-0.25, -0.2) is 8.78 Å². The SMILES string of the molecule is CC1CC(NC(C)C(F)F)C(C)O1. The molecule has 0 aromatic heterocycles. The molecule has 78 valence electrons. The van der Waals surface area contributed by atoms with Crippen LogP contribution in [0.5, 0.6) is 0 Å². The van der Waals surface area contributed by atoms with Gasteiger partial charge in [0, 0.05) is 6.04 Å².